The second kappa shape index (κ2) is 7.13. The zero-order valence-electron chi connectivity index (χ0n) is 16.0. The third kappa shape index (κ3) is 3.41. The second-order valence-electron chi connectivity index (χ2n) is 7.74. The predicted octanol–water partition coefficient (Wildman–Crippen LogP) is 4.98. The van der Waals surface area contributed by atoms with E-state index in [0.717, 1.165) is 18.2 Å². The third-order valence-corrected chi connectivity index (χ3v) is 6.00. The van der Waals surface area contributed by atoms with Crippen LogP contribution in [0.25, 0.3) is 10.9 Å². The van der Waals surface area contributed by atoms with Crippen LogP contribution in [0.1, 0.15) is 36.4 Å². The van der Waals surface area contributed by atoms with E-state index < -0.39 is 41.5 Å². The summed E-state index contributed by atoms with van der Waals surface area (Å²) >= 11 is 5.96. The fourth-order valence-corrected chi connectivity index (χ4v) is 4.46. The molecule has 3 aromatic rings. The van der Waals surface area contributed by atoms with E-state index in [1.807, 2.05) is 0 Å². The molecule has 31 heavy (non-hydrogen) atoms. The number of pyridine rings is 1. The Morgan fingerprint density at radius 1 is 1.23 bits per heavy atom. The lowest BCUT2D eigenvalue weighted by atomic mass is 9.70. The Morgan fingerprint density at radius 2 is 1.94 bits per heavy atom. The highest BCUT2D eigenvalue weighted by atomic mass is 35.5. The van der Waals surface area contributed by atoms with Crippen LogP contribution in [-0.4, -0.2) is 27.0 Å². The molecule has 0 bridgehead atoms. The first kappa shape index (κ1) is 21.5. The Balaban J connectivity index is 1.95. The molecule has 3 atom stereocenters. The van der Waals surface area contributed by atoms with Gasteiger partial charge in [0.2, 0.25) is 5.56 Å². The Kier molecular flexibility index (Phi) is 4.94. The molecule has 0 aliphatic heterocycles. The molecule has 2 aromatic carbocycles. The minimum absolute atomic E-state index is 0.0117. The number of aliphatic hydroxyl groups is 1. The summed E-state index contributed by atoms with van der Waals surface area (Å²) in [4.78, 5) is 14.0. The average Bonchev–Trinajstić information content (AvgIpc) is 2.65. The fraction of sp³-hybridized carbons (Fsp3) is 0.286. The Hall–Kier alpha value is -2.78. The number of benzene rings is 2. The number of anilines is 1. The maximum absolute atomic E-state index is 14.2. The molecule has 0 saturated heterocycles. The van der Waals surface area contributed by atoms with Crippen LogP contribution in [0.3, 0.4) is 0 Å². The third-order valence-electron chi connectivity index (χ3n) is 5.70. The number of phenolic OH excluding ortho intramolecular Hbond substituents is 1. The van der Waals surface area contributed by atoms with Crippen molar-refractivity contribution in [1.29, 1.82) is 0 Å². The molecule has 0 amide bonds. The normalized spacial score (nSPS) is 23.6. The van der Waals surface area contributed by atoms with Gasteiger partial charge in [0, 0.05) is 22.7 Å². The van der Waals surface area contributed by atoms with Crippen molar-refractivity contribution >= 4 is 28.2 Å². The van der Waals surface area contributed by atoms with Crippen LogP contribution in [0.15, 0.2) is 41.2 Å². The lowest BCUT2D eigenvalue weighted by Crippen LogP contribution is -2.55. The number of alkyl halides is 3. The molecule has 1 aliphatic carbocycles. The number of halogens is 5. The van der Waals surface area contributed by atoms with Crippen LogP contribution in [0, 0.1) is 5.82 Å². The van der Waals surface area contributed by atoms with Crippen molar-refractivity contribution in [3.63, 3.8) is 0 Å². The first-order chi connectivity index (χ1) is 14.4. The summed E-state index contributed by atoms with van der Waals surface area (Å²) in [6.45, 7) is 1.45. The first-order valence-corrected chi connectivity index (χ1v) is 9.69. The molecule has 0 unspecified atom stereocenters. The van der Waals surface area contributed by atoms with Gasteiger partial charge in [0.25, 0.3) is 0 Å². The Morgan fingerprint density at radius 3 is 2.61 bits per heavy atom. The fourth-order valence-electron chi connectivity index (χ4n) is 4.30. The van der Waals surface area contributed by atoms with Crippen molar-refractivity contribution in [3.05, 3.63) is 68.7 Å². The summed E-state index contributed by atoms with van der Waals surface area (Å²) in [6, 6.07) is 5.27. The van der Waals surface area contributed by atoms with E-state index in [0.29, 0.717) is 0 Å². The van der Waals surface area contributed by atoms with Gasteiger partial charge in [0.05, 0.1) is 16.6 Å². The highest BCUT2D eigenvalue weighted by Gasteiger charge is 2.62. The van der Waals surface area contributed by atoms with Crippen LogP contribution >= 0.6 is 11.6 Å². The molecule has 164 valence electrons. The lowest BCUT2D eigenvalue weighted by molar-refractivity contribution is -0.272. The van der Waals surface area contributed by atoms with Gasteiger partial charge in [0.1, 0.15) is 11.6 Å². The van der Waals surface area contributed by atoms with E-state index >= 15 is 0 Å². The van der Waals surface area contributed by atoms with Gasteiger partial charge in [-0.3, -0.25) is 4.79 Å². The average molecular weight is 457 g/mol. The molecule has 0 radical (unpaired) electrons. The number of fused-ring (bicyclic) bond motifs is 2. The molecule has 0 saturated carbocycles. The number of hydrogen-bond acceptors (Lipinski definition) is 4. The summed E-state index contributed by atoms with van der Waals surface area (Å²) in [7, 11) is 0. The van der Waals surface area contributed by atoms with E-state index in [2.05, 4.69) is 10.3 Å². The number of phenols is 1. The monoisotopic (exact) mass is 456 g/mol. The maximum atomic E-state index is 14.2. The van der Waals surface area contributed by atoms with Gasteiger partial charge >= 0.3 is 6.18 Å². The van der Waals surface area contributed by atoms with E-state index in [-0.39, 0.29) is 38.5 Å². The second-order valence-corrected chi connectivity index (χ2v) is 8.15. The van der Waals surface area contributed by atoms with Gasteiger partial charge in [-0.25, -0.2) is 4.39 Å². The highest BCUT2D eigenvalue weighted by molar-refractivity contribution is 6.32. The standard InChI is InChI=1S/C21H17ClF4N2O3/c1-9-8-20(31,21(24,25)26)19(12-2-4-13(22)18(30)17(9)12)28-15-7-10(23)6-14-11(15)3-5-16(29)27-14/h2-7,9,19,28,30-31H,8H2,1H3,(H,27,29)/t9-,19-,20+/m0/s1. The zero-order valence-corrected chi connectivity index (χ0v) is 16.8. The van der Waals surface area contributed by atoms with Gasteiger partial charge in [0.15, 0.2) is 5.60 Å². The van der Waals surface area contributed by atoms with E-state index in [1.165, 1.54) is 25.1 Å². The van der Waals surface area contributed by atoms with Crippen molar-refractivity contribution in [3.8, 4) is 5.75 Å². The number of aromatic hydroxyl groups is 1. The van der Waals surface area contributed by atoms with Crippen LogP contribution < -0.4 is 10.9 Å². The van der Waals surface area contributed by atoms with Crippen molar-refractivity contribution in [2.24, 2.45) is 0 Å². The molecule has 1 aromatic heterocycles. The Labute approximate surface area is 178 Å². The minimum Gasteiger partial charge on any atom is -0.506 e. The van der Waals surface area contributed by atoms with Crippen molar-refractivity contribution < 1.29 is 27.8 Å². The van der Waals surface area contributed by atoms with Crippen LogP contribution in [0.4, 0.5) is 23.2 Å². The molecule has 5 nitrogen and oxygen atoms in total. The van der Waals surface area contributed by atoms with Crippen molar-refractivity contribution in [1.82, 2.24) is 4.98 Å². The van der Waals surface area contributed by atoms with Gasteiger partial charge in [-0.05, 0) is 42.2 Å². The van der Waals surface area contributed by atoms with Gasteiger partial charge < -0.3 is 20.5 Å². The minimum atomic E-state index is -5.04. The molecule has 4 rings (SSSR count). The highest BCUT2D eigenvalue weighted by Crippen LogP contribution is 2.55. The predicted molar refractivity (Wildman–Crippen MR) is 108 cm³/mol. The molecule has 10 heteroatoms. The summed E-state index contributed by atoms with van der Waals surface area (Å²) < 4.78 is 56.4. The number of aromatic nitrogens is 1. The molecule has 1 heterocycles. The van der Waals surface area contributed by atoms with Crippen LogP contribution in [0.5, 0.6) is 5.75 Å². The van der Waals surface area contributed by atoms with Crippen molar-refractivity contribution in [2.75, 3.05) is 5.32 Å². The number of hydrogen-bond donors (Lipinski definition) is 4. The topological polar surface area (TPSA) is 85.4 Å². The van der Waals surface area contributed by atoms with E-state index in [4.69, 9.17) is 11.6 Å². The first-order valence-electron chi connectivity index (χ1n) is 9.32. The number of nitrogens with one attached hydrogen (secondary N) is 2. The number of H-pyrrole nitrogens is 1. The smallest absolute Gasteiger partial charge is 0.419 e. The quantitative estimate of drug-likeness (QED) is 0.410. The van der Waals surface area contributed by atoms with Gasteiger partial charge in [-0.15, -0.1) is 0 Å². The SMILES string of the molecule is C[C@H]1C[C@](O)(C(F)(F)F)[C@@H](Nc2cc(F)cc3[nH]c(=O)ccc23)c2ccc(Cl)c(O)c21. The molecule has 0 spiro atoms. The largest absolute Gasteiger partial charge is 0.506 e. The van der Waals surface area contributed by atoms with Crippen molar-refractivity contribution in [2.45, 2.75) is 37.1 Å². The summed E-state index contributed by atoms with van der Waals surface area (Å²) in [5.41, 5.74) is -3.55. The summed E-state index contributed by atoms with van der Waals surface area (Å²) in [5.74, 6) is -2.02. The van der Waals surface area contributed by atoms with Gasteiger partial charge in [-0.1, -0.05) is 24.6 Å². The van der Waals surface area contributed by atoms with E-state index in [1.54, 1.807) is 0 Å². The molecule has 4 N–H and O–H groups in total. The Bertz CT molecular complexity index is 1240. The van der Waals surface area contributed by atoms with E-state index in [9.17, 15) is 32.6 Å². The maximum Gasteiger partial charge on any atom is 0.419 e. The van der Waals surface area contributed by atoms with Crippen LogP contribution in [-0.2, 0) is 0 Å². The molecule has 1 aliphatic rings. The van der Waals surface area contributed by atoms with Crippen LogP contribution in [0.2, 0.25) is 5.02 Å². The molecular weight excluding hydrogens is 440 g/mol. The molecular formula is C21H17ClF4N2O3. The number of rotatable bonds is 2. The summed E-state index contributed by atoms with van der Waals surface area (Å²) in [6.07, 6.45) is -5.79. The lowest BCUT2D eigenvalue weighted by Gasteiger charge is -2.45. The summed E-state index contributed by atoms with van der Waals surface area (Å²) in [5, 5.41) is 24.1. The molecule has 0 fully saturated rings. The number of aromatic amines is 1. The zero-order chi connectivity index (χ0) is 22.7. The van der Waals surface area contributed by atoms with Gasteiger partial charge in [-0.2, -0.15) is 13.2 Å².